The standard InChI is InChI=1S/C7H14O5/c1-6(3-8)4(9)7(2,11)5(10)12-6/h4-5,8-11H,3H2,1-2H3/t4-,5-,6-,7+/m0/s1. The topological polar surface area (TPSA) is 90.2 Å². The minimum absolute atomic E-state index is 0.457. The summed E-state index contributed by atoms with van der Waals surface area (Å²) in [5.74, 6) is 0. The Morgan fingerprint density at radius 2 is 1.83 bits per heavy atom. The summed E-state index contributed by atoms with van der Waals surface area (Å²) in [6.07, 6.45) is -2.77. The van der Waals surface area contributed by atoms with Crippen LogP contribution in [0.15, 0.2) is 0 Å². The SMILES string of the molecule is C[C@@]1(O)[C@@H](O)[C@](C)(CO)O[C@@H]1O. The maximum Gasteiger partial charge on any atom is 0.187 e. The van der Waals surface area contributed by atoms with Crippen LogP contribution in [0.5, 0.6) is 0 Å². The van der Waals surface area contributed by atoms with Crippen LogP contribution in [0.25, 0.3) is 0 Å². The second kappa shape index (κ2) is 2.65. The Morgan fingerprint density at radius 3 is 2.00 bits per heavy atom. The number of ether oxygens (including phenoxy) is 1. The number of hydrogen-bond donors (Lipinski definition) is 4. The quantitative estimate of drug-likeness (QED) is 0.380. The van der Waals surface area contributed by atoms with Crippen LogP contribution in [0.2, 0.25) is 0 Å². The van der Waals surface area contributed by atoms with Crippen molar-refractivity contribution in [1.29, 1.82) is 0 Å². The average Bonchev–Trinajstić information content (AvgIpc) is 2.14. The van der Waals surface area contributed by atoms with Crippen LogP contribution >= 0.6 is 0 Å². The van der Waals surface area contributed by atoms with Gasteiger partial charge in [-0.15, -0.1) is 0 Å². The molecule has 1 aliphatic rings. The van der Waals surface area contributed by atoms with Gasteiger partial charge in [0.15, 0.2) is 6.29 Å². The van der Waals surface area contributed by atoms with Crippen molar-refractivity contribution in [1.82, 2.24) is 0 Å². The highest BCUT2D eigenvalue weighted by Crippen LogP contribution is 2.36. The van der Waals surface area contributed by atoms with Crippen LogP contribution in [-0.4, -0.2) is 50.6 Å². The molecular formula is C7H14O5. The van der Waals surface area contributed by atoms with Gasteiger partial charge in [-0.2, -0.15) is 0 Å². The first-order chi connectivity index (χ1) is 5.34. The van der Waals surface area contributed by atoms with E-state index in [1.807, 2.05) is 0 Å². The summed E-state index contributed by atoms with van der Waals surface area (Å²) in [4.78, 5) is 0. The van der Waals surface area contributed by atoms with Gasteiger partial charge in [-0.1, -0.05) is 0 Å². The van der Waals surface area contributed by atoms with Crippen LogP contribution in [0.3, 0.4) is 0 Å². The van der Waals surface area contributed by atoms with Crippen molar-refractivity contribution in [3.63, 3.8) is 0 Å². The van der Waals surface area contributed by atoms with Crippen molar-refractivity contribution in [2.45, 2.75) is 37.4 Å². The lowest BCUT2D eigenvalue weighted by molar-refractivity contribution is -0.185. The molecule has 1 aliphatic heterocycles. The van der Waals surface area contributed by atoms with Gasteiger partial charge in [-0.05, 0) is 13.8 Å². The summed E-state index contributed by atoms with van der Waals surface area (Å²) < 4.78 is 4.83. The molecule has 0 aromatic heterocycles. The number of aliphatic hydroxyl groups is 4. The third-order valence-electron chi connectivity index (χ3n) is 2.33. The van der Waals surface area contributed by atoms with Crippen molar-refractivity contribution in [3.05, 3.63) is 0 Å². The van der Waals surface area contributed by atoms with Crippen LogP contribution in [0.4, 0.5) is 0 Å². The van der Waals surface area contributed by atoms with E-state index in [1.165, 1.54) is 13.8 Å². The molecule has 1 rings (SSSR count). The number of hydrogen-bond acceptors (Lipinski definition) is 5. The van der Waals surface area contributed by atoms with Crippen molar-refractivity contribution < 1.29 is 25.2 Å². The number of rotatable bonds is 1. The Kier molecular flexibility index (Phi) is 2.18. The molecule has 1 heterocycles. The molecule has 0 unspecified atom stereocenters. The van der Waals surface area contributed by atoms with E-state index < -0.39 is 30.2 Å². The molecule has 12 heavy (non-hydrogen) atoms. The molecule has 0 aliphatic carbocycles. The molecule has 0 amide bonds. The van der Waals surface area contributed by atoms with Crippen molar-refractivity contribution >= 4 is 0 Å². The van der Waals surface area contributed by atoms with Gasteiger partial charge in [0.2, 0.25) is 0 Å². The van der Waals surface area contributed by atoms with Gasteiger partial charge in [0.25, 0.3) is 0 Å². The Hall–Kier alpha value is -0.200. The fourth-order valence-corrected chi connectivity index (χ4v) is 1.32. The maximum absolute atomic E-state index is 9.46. The zero-order chi connectivity index (χ0) is 9.57. The smallest absolute Gasteiger partial charge is 0.187 e. The highest BCUT2D eigenvalue weighted by molar-refractivity contribution is 5.03. The first kappa shape index (κ1) is 9.88. The Morgan fingerprint density at radius 1 is 1.33 bits per heavy atom. The van der Waals surface area contributed by atoms with Crippen molar-refractivity contribution in [2.75, 3.05) is 6.61 Å². The van der Waals surface area contributed by atoms with Gasteiger partial charge >= 0.3 is 0 Å². The monoisotopic (exact) mass is 178 g/mol. The van der Waals surface area contributed by atoms with Gasteiger partial charge in [0.05, 0.1) is 6.61 Å². The fourth-order valence-electron chi connectivity index (χ4n) is 1.32. The lowest BCUT2D eigenvalue weighted by atomic mass is 9.90. The molecule has 0 aromatic rings. The summed E-state index contributed by atoms with van der Waals surface area (Å²) in [6.45, 7) is 2.22. The molecule has 4 atom stereocenters. The summed E-state index contributed by atoms with van der Waals surface area (Å²) in [6, 6.07) is 0. The van der Waals surface area contributed by atoms with Gasteiger partial charge in [-0.3, -0.25) is 0 Å². The molecule has 0 aromatic carbocycles. The first-order valence-corrected chi connectivity index (χ1v) is 3.72. The maximum atomic E-state index is 9.46. The van der Waals surface area contributed by atoms with Crippen LogP contribution in [0, 0.1) is 0 Å². The molecule has 4 N–H and O–H groups in total. The highest BCUT2D eigenvalue weighted by atomic mass is 16.7. The van der Waals surface area contributed by atoms with Gasteiger partial charge in [0, 0.05) is 0 Å². The van der Waals surface area contributed by atoms with Crippen LogP contribution in [0.1, 0.15) is 13.8 Å². The lowest BCUT2D eigenvalue weighted by Crippen LogP contribution is -2.50. The van der Waals surface area contributed by atoms with E-state index >= 15 is 0 Å². The molecule has 0 spiro atoms. The second-order valence-electron chi connectivity index (χ2n) is 3.57. The van der Waals surface area contributed by atoms with Crippen molar-refractivity contribution in [2.24, 2.45) is 0 Å². The number of aliphatic hydroxyl groups excluding tert-OH is 3. The third-order valence-corrected chi connectivity index (χ3v) is 2.33. The molecule has 0 bridgehead atoms. The zero-order valence-corrected chi connectivity index (χ0v) is 7.06. The Bertz CT molecular complexity index is 181. The normalized spacial score (nSPS) is 54.5. The largest absolute Gasteiger partial charge is 0.393 e. The molecule has 5 nitrogen and oxygen atoms in total. The molecule has 1 fully saturated rings. The van der Waals surface area contributed by atoms with Crippen LogP contribution in [-0.2, 0) is 4.74 Å². The Balaban J connectivity index is 2.90. The van der Waals surface area contributed by atoms with Crippen molar-refractivity contribution in [3.8, 4) is 0 Å². The molecule has 0 saturated carbocycles. The molecule has 0 radical (unpaired) electrons. The van der Waals surface area contributed by atoms with E-state index in [4.69, 9.17) is 14.9 Å². The van der Waals surface area contributed by atoms with E-state index in [1.54, 1.807) is 0 Å². The summed E-state index contributed by atoms with van der Waals surface area (Å²) in [7, 11) is 0. The second-order valence-corrected chi connectivity index (χ2v) is 3.57. The van der Waals surface area contributed by atoms with Gasteiger partial charge in [0.1, 0.15) is 17.3 Å². The molecule has 72 valence electrons. The zero-order valence-electron chi connectivity index (χ0n) is 7.06. The van der Waals surface area contributed by atoms with E-state index in [0.29, 0.717) is 0 Å². The van der Waals surface area contributed by atoms with Crippen LogP contribution < -0.4 is 0 Å². The van der Waals surface area contributed by atoms with E-state index in [9.17, 15) is 10.2 Å². The predicted octanol–water partition coefficient (Wildman–Crippen LogP) is -1.80. The summed E-state index contributed by atoms with van der Waals surface area (Å²) >= 11 is 0. The van der Waals surface area contributed by atoms with E-state index in [0.717, 1.165) is 0 Å². The van der Waals surface area contributed by atoms with E-state index in [-0.39, 0.29) is 0 Å². The highest BCUT2D eigenvalue weighted by Gasteiger charge is 2.57. The minimum atomic E-state index is -1.72. The minimum Gasteiger partial charge on any atom is -0.393 e. The molecule has 1 saturated heterocycles. The molecule has 5 heteroatoms. The molecular weight excluding hydrogens is 164 g/mol. The third kappa shape index (κ3) is 1.14. The van der Waals surface area contributed by atoms with E-state index in [2.05, 4.69) is 0 Å². The fraction of sp³-hybridized carbons (Fsp3) is 1.00. The first-order valence-electron chi connectivity index (χ1n) is 3.72. The predicted molar refractivity (Wildman–Crippen MR) is 39.2 cm³/mol. The van der Waals surface area contributed by atoms with Gasteiger partial charge in [-0.25, -0.2) is 0 Å². The summed E-state index contributed by atoms with van der Waals surface area (Å²) in [5, 5.41) is 36.9. The average molecular weight is 178 g/mol. The van der Waals surface area contributed by atoms with Gasteiger partial charge < -0.3 is 25.2 Å². The Labute approximate surface area is 70.2 Å². The summed E-state index contributed by atoms with van der Waals surface area (Å²) in [5.41, 5.74) is -3.01. The lowest BCUT2D eigenvalue weighted by Gasteiger charge is -2.27.